The van der Waals surface area contributed by atoms with E-state index in [4.69, 9.17) is 0 Å². The van der Waals surface area contributed by atoms with E-state index >= 15 is 0 Å². The summed E-state index contributed by atoms with van der Waals surface area (Å²) in [6.07, 6.45) is 7.12. The van der Waals surface area contributed by atoms with Gasteiger partial charge in [0.25, 0.3) is 0 Å². The van der Waals surface area contributed by atoms with Gasteiger partial charge in [0, 0.05) is 29.7 Å². The minimum atomic E-state index is -0.170. The smallest absolute Gasteiger partial charge is 0.230 e. The highest BCUT2D eigenvalue weighted by atomic mass is 32.2. The average Bonchev–Trinajstić information content (AvgIpc) is 3.10. The van der Waals surface area contributed by atoms with Crippen molar-refractivity contribution in [2.75, 3.05) is 12.3 Å². The Balaban J connectivity index is 1.20. The number of carbonyl (C=O) groups is 2. The van der Waals surface area contributed by atoms with Gasteiger partial charge in [-0.15, -0.1) is 11.8 Å². The quantitative estimate of drug-likeness (QED) is 0.613. The fourth-order valence-corrected chi connectivity index (χ4v) is 4.98. The molecule has 4 N–H and O–H groups in total. The molecule has 6 nitrogen and oxygen atoms in total. The van der Waals surface area contributed by atoms with E-state index in [-0.39, 0.29) is 29.3 Å². The molecule has 2 aliphatic rings. The number of benzene rings is 1. The van der Waals surface area contributed by atoms with E-state index in [1.54, 1.807) is 0 Å². The molecule has 3 atom stereocenters. The lowest BCUT2D eigenvalue weighted by atomic mass is 9.83. The van der Waals surface area contributed by atoms with Gasteiger partial charge in [0.1, 0.15) is 5.50 Å². The summed E-state index contributed by atoms with van der Waals surface area (Å²) in [5.74, 6) is 0.571. The second kappa shape index (κ2) is 8.35. The van der Waals surface area contributed by atoms with E-state index in [9.17, 15) is 9.59 Å². The maximum absolute atomic E-state index is 12.2. The number of nitrogens with one attached hydrogen (secondary N) is 4. The van der Waals surface area contributed by atoms with Crippen LogP contribution < -0.4 is 16.0 Å². The first-order valence-electron chi connectivity index (χ1n) is 9.70. The maximum Gasteiger partial charge on any atom is 0.230 e. The Morgan fingerprint density at radius 1 is 1.22 bits per heavy atom. The summed E-state index contributed by atoms with van der Waals surface area (Å²) in [6.45, 7) is 0.608. The van der Waals surface area contributed by atoms with Gasteiger partial charge < -0.3 is 15.6 Å². The lowest BCUT2D eigenvalue weighted by Crippen LogP contribution is -2.61. The molecule has 27 heavy (non-hydrogen) atoms. The number of thioether (sulfide) groups is 1. The van der Waals surface area contributed by atoms with Crippen molar-refractivity contribution in [2.24, 2.45) is 5.92 Å². The third-order valence-corrected chi connectivity index (χ3v) is 6.53. The number of H-pyrrole nitrogens is 1. The number of para-hydroxylation sites is 1. The van der Waals surface area contributed by atoms with Gasteiger partial charge in [-0.2, -0.15) is 0 Å². The van der Waals surface area contributed by atoms with Crippen molar-refractivity contribution in [1.29, 1.82) is 0 Å². The summed E-state index contributed by atoms with van der Waals surface area (Å²) >= 11 is 1.45. The average molecular weight is 387 g/mol. The Morgan fingerprint density at radius 2 is 2.07 bits per heavy atom. The first-order chi connectivity index (χ1) is 13.2. The highest BCUT2D eigenvalue weighted by Crippen LogP contribution is 2.28. The predicted molar refractivity (Wildman–Crippen MR) is 108 cm³/mol. The monoisotopic (exact) mass is 386 g/mol. The van der Waals surface area contributed by atoms with Gasteiger partial charge in [-0.1, -0.05) is 31.0 Å². The highest BCUT2D eigenvalue weighted by Gasteiger charge is 2.37. The lowest BCUT2D eigenvalue weighted by Gasteiger charge is -2.39. The van der Waals surface area contributed by atoms with Gasteiger partial charge in [0.2, 0.25) is 11.8 Å². The zero-order valence-electron chi connectivity index (χ0n) is 15.3. The number of aromatic nitrogens is 1. The van der Waals surface area contributed by atoms with E-state index in [0.717, 1.165) is 31.2 Å². The van der Waals surface area contributed by atoms with Crippen LogP contribution in [0.4, 0.5) is 0 Å². The van der Waals surface area contributed by atoms with E-state index < -0.39 is 0 Å². The Hall–Kier alpha value is -1.99. The normalized spacial score (nSPS) is 25.0. The van der Waals surface area contributed by atoms with Crippen molar-refractivity contribution in [1.82, 2.24) is 20.9 Å². The van der Waals surface area contributed by atoms with Crippen molar-refractivity contribution in [2.45, 2.75) is 43.6 Å². The molecule has 2 heterocycles. The number of rotatable bonds is 6. The van der Waals surface area contributed by atoms with Crippen LogP contribution in [0.3, 0.4) is 0 Å². The van der Waals surface area contributed by atoms with Crippen molar-refractivity contribution in [3.8, 4) is 0 Å². The molecule has 1 aromatic heterocycles. The molecule has 0 bridgehead atoms. The molecular weight excluding hydrogens is 360 g/mol. The summed E-state index contributed by atoms with van der Waals surface area (Å²) in [5.41, 5.74) is 2.16. The summed E-state index contributed by atoms with van der Waals surface area (Å²) in [7, 11) is 0. The number of hydrogen-bond donors (Lipinski definition) is 4. The van der Waals surface area contributed by atoms with Crippen molar-refractivity contribution in [3.05, 3.63) is 36.0 Å². The molecule has 1 aromatic carbocycles. The molecule has 1 saturated heterocycles. The number of aromatic amines is 1. The zero-order chi connectivity index (χ0) is 18.6. The molecular formula is C20H26N4O2S. The summed E-state index contributed by atoms with van der Waals surface area (Å²) in [5, 5.41) is 10.7. The van der Waals surface area contributed by atoms with Crippen LogP contribution in [-0.2, 0) is 16.0 Å². The van der Waals surface area contributed by atoms with Gasteiger partial charge in [-0.3, -0.25) is 14.9 Å². The summed E-state index contributed by atoms with van der Waals surface area (Å²) in [6, 6.07) is 8.44. The summed E-state index contributed by atoms with van der Waals surface area (Å²) in [4.78, 5) is 27.6. The molecule has 144 valence electrons. The second-order valence-corrected chi connectivity index (χ2v) is 8.42. The van der Waals surface area contributed by atoms with Crippen molar-refractivity contribution >= 4 is 34.5 Å². The third kappa shape index (κ3) is 4.30. The SMILES string of the molecule is O=C(CSC1NC(=O)C2CCCCC2N1)NCCc1c[nH]c2ccccc12. The molecule has 0 spiro atoms. The number of hydrogen-bond acceptors (Lipinski definition) is 4. The van der Waals surface area contributed by atoms with Crippen LogP contribution >= 0.6 is 11.8 Å². The lowest BCUT2D eigenvalue weighted by molar-refractivity contribution is -0.129. The molecule has 2 amide bonds. The van der Waals surface area contributed by atoms with Crippen LogP contribution in [0.25, 0.3) is 10.9 Å². The van der Waals surface area contributed by atoms with E-state index in [2.05, 4.69) is 33.1 Å². The van der Waals surface area contributed by atoms with Crippen LogP contribution in [0.5, 0.6) is 0 Å². The Bertz CT molecular complexity index is 821. The fraction of sp³-hybridized carbons (Fsp3) is 0.500. The van der Waals surface area contributed by atoms with Crippen molar-refractivity contribution < 1.29 is 9.59 Å². The molecule has 2 aromatic rings. The van der Waals surface area contributed by atoms with Gasteiger partial charge >= 0.3 is 0 Å². The van der Waals surface area contributed by atoms with Crippen LogP contribution in [0.2, 0.25) is 0 Å². The van der Waals surface area contributed by atoms with Gasteiger partial charge in [0.15, 0.2) is 0 Å². The van der Waals surface area contributed by atoms with Gasteiger partial charge in [-0.05, 0) is 30.9 Å². The molecule has 1 aliphatic carbocycles. The van der Waals surface area contributed by atoms with Crippen LogP contribution in [0, 0.1) is 5.92 Å². The molecule has 2 fully saturated rings. The highest BCUT2D eigenvalue weighted by molar-refractivity contribution is 8.00. The van der Waals surface area contributed by atoms with Gasteiger partial charge in [-0.25, -0.2) is 0 Å². The molecule has 1 saturated carbocycles. The first-order valence-corrected chi connectivity index (χ1v) is 10.8. The standard InChI is InChI=1S/C20H26N4O2S/c25-18(21-10-9-13-11-22-16-7-3-1-5-14(13)16)12-27-20-23-17-8-4-2-6-15(17)19(26)24-20/h1,3,5,7,11,15,17,20,22-23H,2,4,6,8-10,12H2,(H,21,25)(H,24,26). The van der Waals surface area contributed by atoms with Crippen LogP contribution in [0.1, 0.15) is 31.2 Å². The van der Waals surface area contributed by atoms with Gasteiger partial charge in [0.05, 0.1) is 11.7 Å². The second-order valence-electron chi connectivity index (χ2n) is 7.32. The van der Waals surface area contributed by atoms with Crippen LogP contribution in [0.15, 0.2) is 30.5 Å². The zero-order valence-corrected chi connectivity index (χ0v) is 16.1. The van der Waals surface area contributed by atoms with E-state index in [1.165, 1.54) is 29.1 Å². The molecule has 3 unspecified atom stereocenters. The van der Waals surface area contributed by atoms with E-state index in [1.807, 2.05) is 18.3 Å². The number of fused-ring (bicyclic) bond motifs is 2. The number of amides is 2. The topological polar surface area (TPSA) is 86.0 Å². The fourth-order valence-electron chi connectivity index (χ4n) is 4.09. The third-order valence-electron chi connectivity index (χ3n) is 5.51. The predicted octanol–water partition coefficient (Wildman–Crippen LogP) is 2.12. The Kier molecular flexibility index (Phi) is 5.69. The number of carbonyl (C=O) groups excluding carboxylic acids is 2. The van der Waals surface area contributed by atoms with Crippen LogP contribution in [-0.4, -0.2) is 40.6 Å². The minimum Gasteiger partial charge on any atom is -0.361 e. The maximum atomic E-state index is 12.2. The Labute approximate surface area is 163 Å². The van der Waals surface area contributed by atoms with Crippen molar-refractivity contribution in [3.63, 3.8) is 0 Å². The summed E-state index contributed by atoms with van der Waals surface area (Å²) < 4.78 is 0. The Morgan fingerprint density at radius 3 is 3.00 bits per heavy atom. The largest absolute Gasteiger partial charge is 0.361 e. The first kappa shape index (κ1) is 18.4. The van der Waals surface area contributed by atoms with E-state index in [0.29, 0.717) is 12.3 Å². The molecule has 4 rings (SSSR count). The molecule has 0 radical (unpaired) electrons. The minimum absolute atomic E-state index is 0.00154. The molecule has 1 aliphatic heterocycles. The molecule has 7 heteroatoms.